The van der Waals surface area contributed by atoms with E-state index >= 15 is 0 Å². The molecule has 26 heavy (non-hydrogen) atoms. The number of anilines is 2. The smallest absolute Gasteiger partial charge is 0.286 e. The van der Waals surface area contributed by atoms with Gasteiger partial charge in [0.2, 0.25) is 5.91 Å². The highest BCUT2D eigenvalue weighted by Crippen LogP contribution is 2.28. The molecular formula is C17H16ClN3O4S. The van der Waals surface area contributed by atoms with Crippen molar-refractivity contribution in [2.75, 3.05) is 17.7 Å². The van der Waals surface area contributed by atoms with Gasteiger partial charge in [0.05, 0.1) is 17.8 Å². The SMILES string of the molecule is COc1ccc(NC(=O)CCC2=NS(=O)(=O)c3ccccc3N2)cc1Cl. The van der Waals surface area contributed by atoms with E-state index in [1.54, 1.807) is 36.4 Å². The Hall–Kier alpha value is -2.58. The van der Waals surface area contributed by atoms with Crippen LogP contribution in [0.4, 0.5) is 11.4 Å². The molecule has 2 N–H and O–H groups in total. The molecule has 0 fully saturated rings. The van der Waals surface area contributed by atoms with Gasteiger partial charge in [0.1, 0.15) is 16.5 Å². The molecule has 0 aliphatic carbocycles. The number of carbonyl (C=O) groups is 1. The predicted octanol–water partition coefficient (Wildman–Crippen LogP) is 3.28. The van der Waals surface area contributed by atoms with Crippen molar-refractivity contribution in [3.8, 4) is 5.75 Å². The first-order chi connectivity index (χ1) is 12.4. The second kappa shape index (κ2) is 7.35. The van der Waals surface area contributed by atoms with E-state index in [4.69, 9.17) is 16.3 Å². The molecule has 0 bridgehead atoms. The molecule has 1 heterocycles. The Kier molecular flexibility index (Phi) is 5.15. The molecule has 3 rings (SSSR count). The van der Waals surface area contributed by atoms with E-state index in [1.807, 2.05) is 0 Å². The fraction of sp³-hybridized carbons (Fsp3) is 0.176. The predicted molar refractivity (Wildman–Crippen MR) is 101 cm³/mol. The van der Waals surface area contributed by atoms with Gasteiger partial charge in [-0.3, -0.25) is 4.79 Å². The van der Waals surface area contributed by atoms with Crippen LogP contribution < -0.4 is 15.4 Å². The highest BCUT2D eigenvalue weighted by molar-refractivity contribution is 7.90. The van der Waals surface area contributed by atoms with E-state index < -0.39 is 10.0 Å². The number of halogens is 1. The lowest BCUT2D eigenvalue weighted by Gasteiger charge is -2.17. The van der Waals surface area contributed by atoms with Gasteiger partial charge in [-0.05, 0) is 30.3 Å². The minimum atomic E-state index is -3.75. The summed E-state index contributed by atoms with van der Waals surface area (Å²) in [5, 5.41) is 6.03. The molecule has 1 aliphatic rings. The van der Waals surface area contributed by atoms with Crippen LogP contribution in [0.1, 0.15) is 12.8 Å². The maximum Gasteiger partial charge on any atom is 0.286 e. The van der Waals surface area contributed by atoms with Crippen molar-refractivity contribution < 1.29 is 17.9 Å². The number of para-hydroxylation sites is 1. The molecule has 0 saturated carbocycles. The fourth-order valence-corrected chi connectivity index (χ4v) is 3.91. The Morgan fingerprint density at radius 1 is 1.27 bits per heavy atom. The second-order valence-electron chi connectivity index (χ2n) is 5.53. The van der Waals surface area contributed by atoms with Crippen molar-refractivity contribution in [3.05, 3.63) is 47.5 Å². The van der Waals surface area contributed by atoms with Gasteiger partial charge in [-0.2, -0.15) is 8.42 Å². The number of sulfonamides is 1. The number of nitrogens with one attached hydrogen (secondary N) is 2. The summed E-state index contributed by atoms with van der Waals surface area (Å²) < 4.78 is 33.1. The van der Waals surface area contributed by atoms with Crippen LogP contribution in [0.5, 0.6) is 5.75 Å². The van der Waals surface area contributed by atoms with Crippen LogP contribution in [0.25, 0.3) is 0 Å². The van der Waals surface area contributed by atoms with Crippen LogP contribution in [0, 0.1) is 0 Å². The van der Waals surface area contributed by atoms with E-state index in [-0.39, 0.29) is 29.5 Å². The Labute approximate surface area is 156 Å². The summed E-state index contributed by atoms with van der Waals surface area (Å²) in [6.45, 7) is 0. The summed E-state index contributed by atoms with van der Waals surface area (Å²) in [5.74, 6) is 0.452. The monoisotopic (exact) mass is 393 g/mol. The zero-order valence-electron chi connectivity index (χ0n) is 13.8. The number of hydrogen-bond acceptors (Lipinski definition) is 5. The number of benzene rings is 2. The highest BCUT2D eigenvalue weighted by atomic mass is 35.5. The first kappa shape index (κ1) is 18.2. The molecule has 0 aromatic heterocycles. The number of nitrogens with zero attached hydrogens (tertiary/aromatic N) is 1. The number of amides is 1. The summed E-state index contributed by atoms with van der Waals surface area (Å²) in [6, 6.07) is 11.4. The molecule has 0 unspecified atom stereocenters. The molecular weight excluding hydrogens is 378 g/mol. The number of hydrogen-bond donors (Lipinski definition) is 2. The van der Waals surface area contributed by atoms with Crippen molar-refractivity contribution in [1.82, 2.24) is 0 Å². The van der Waals surface area contributed by atoms with Crippen LogP contribution in [-0.2, 0) is 14.8 Å². The molecule has 7 nitrogen and oxygen atoms in total. The van der Waals surface area contributed by atoms with Gasteiger partial charge < -0.3 is 15.4 Å². The molecule has 2 aromatic carbocycles. The topological polar surface area (TPSA) is 96.9 Å². The maximum absolute atomic E-state index is 12.2. The average molecular weight is 394 g/mol. The second-order valence-corrected chi connectivity index (χ2v) is 7.51. The Morgan fingerprint density at radius 2 is 2.04 bits per heavy atom. The van der Waals surface area contributed by atoms with Gasteiger partial charge in [-0.15, -0.1) is 4.40 Å². The third kappa shape index (κ3) is 3.97. The van der Waals surface area contributed by atoms with E-state index in [0.29, 0.717) is 22.1 Å². The number of fused-ring (bicyclic) bond motifs is 1. The quantitative estimate of drug-likeness (QED) is 0.812. The van der Waals surface area contributed by atoms with E-state index in [9.17, 15) is 13.2 Å². The molecule has 1 amide bonds. The van der Waals surface area contributed by atoms with Crippen LogP contribution in [0.15, 0.2) is 51.8 Å². The Morgan fingerprint density at radius 3 is 2.77 bits per heavy atom. The molecule has 0 radical (unpaired) electrons. The van der Waals surface area contributed by atoms with Gasteiger partial charge >= 0.3 is 0 Å². The number of methoxy groups -OCH3 is 1. The lowest BCUT2D eigenvalue weighted by atomic mass is 10.2. The molecule has 9 heteroatoms. The zero-order chi connectivity index (χ0) is 18.7. The van der Waals surface area contributed by atoms with E-state index in [2.05, 4.69) is 15.0 Å². The summed E-state index contributed by atoms with van der Waals surface area (Å²) in [5.41, 5.74) is 0.983. The number of carbonyl (C=O) groups excluding carboxylic acids is 1. The molecule has 0 atom stereocenters. The van der Waals surface area contributed by atoms with Crippen LogP contribution in [-0.4, -0.2) is 27.3 Å². The minimum Gasteiger partial charge on any atom is -0.495 e. The van der Waals surface area contributed by atoms with Gasteiger partial charge in [0.15, 0.2) is 0 Å². The summed E-state index contributed by atoms with van der Waals surface area (Å²) in [4.78, 5) is 12.2. The lowest BCUT2D eigenvalue weighted by molar-refractivity contribution is -0.116. The third-order valence-corrected chi connectivity index (χ3v) is 5.37. The molecule has 0 saturated heterocycles. The third-order valence-electron chi connectivity index (χ3n) is 3.70. The van der Waals surface area contributed by atoms with Crippen LogP contribution in [0.2, 0.25) is 5.02 Å². The van der Waals surface area contributed by atoms with Crippen molar-refractivity contribution in [1.29, 1.82) is 0 Å². The van der Waals surface area contributed by atoms with Crippen molar-refractivity contribution in [2.45, 2.75) is 17.7 Å². The molecule has 136 valence electrons. The molecule has 1 aliphatic heterocycles. The standard InChI is InChI=1S/C17H16ClN3O4S/c1-25-14-7-6-11(10-12(14)18)19-17(22)9-8-16-20-13-4-2-3-5-15(13)26(23,24)21-16/h2-7,10H,8-9H2,1H3,(H,19,22)(H,20,21). The van der Waals surface area contributed by atoms with Gasteiger partial charge in [-0.1, -0.05) is 23.7 Å². The van der Waals surface area contributed by atoms with Crippen LogP contribution >= 0.6 is 11.6 Å². The van der Waals surface area contributed by atoms with E-state index in [0.717, 1.165) is 0 Å². The van der Waals surface area contributed by atoms with Crippen molar-refractivity contribution in [3.63, 3.8) is 0 Å². The zero-order valence-corrected chi connectivity index (χ0v) is 15.4. The van der Waals surface area contributed by atoms with E-state index in [1.165, 1.54) is 13.2 Å². The summed E-state index contributed by atoms with van der Waals surface area (Å²) in [7, 11) is -2.25. The summed E-state index contributed by atoms with van der Waals surface area (Å²) in [6.07, 6.45) is 0.219. The largest absolute Gasteiger partial charge is 0.495 e. The van der Waals surface area contributed by atoms with Gasteiger partial charge in [0.25, 0.3) is 10.0 Å². The number of amidine groups is 1. The lowest BCUT2D eigenvalue weighted by Crippen LogP contribution is -2.23. The Balaban J connectivity index is 1.64. The number of ether oxygens (including phenoxy) is 1. The normalized spacial score (nSPS) is 14.6. The number of rotatable bonds is 5. The van der Waals surface area contributed by atoms with Crippen molar-refractivity contribution >= 4 is 44.7 Å². The summed E-state index contributed by atoms with van der Waals surface area (Å²) >= 11 is 6.02. The molecule has 2 aromatic rings. The maximum atomic E-state index is 12.2. The fourth-order valence-electron chi connectivity index (χ4n) is 2.48. The van der Waals surface area contributed by atoms with Crippen LogP contribution in [0.3, 0.4) is 0 Å². The average Bonchev–Trinajstić information content (AvgIpc) is 2.60. The minimum absolute atomic E-state index is 0.0627. The van der Waals surface area contributed by atoms with Gasteiger partial charge in [0, 0.05) is 18.5 Å². The Bertz CT molecular complexity index is 989. The first-order valence-electron chi connectivity index (χ1n) is 7.72. The first-order valence-corrected chi connectivity index (χ1v) is 9.54. The van der Waals surface area contributed by atoms with Crippen molar-refractivity contribution in [2.24, 2.45) is 4.40 Å². The molecule has 0 spiro atoms. The van der Waals surface area contributed by atoms with Gasteiger partial charge in [-0.25, -0.2) is 0 Å². The highest BCUT2D eigenvalue weighted by Gasteiger charge is 2.24.